The lowest BCUT2D eigenvalue weighted by Crippen LogP contribution is -2.27. The lowest BCUT2D eigenvalue weighted by Gasteiger charge is -2.17. The molecule has 4 nitrogen and oxygen atoms in total. The second-order valence-electron chi connectivity index (χ2n) is 6.50. The molecular formula is C19H19F2NO3S2. The van der Waals surface area contributed by atoms with Crippen LogP contribution >= 0.6 is 11.8 Å². The normalized spacial score (nSPS) is 19.6. The number of hydrogen-bond acceptors (Lipinski definition) is 4. The molecule has 0 spiro atoms. The highest BCUT2D eigenvalue weighted by Gasteiger charge is 2.29. The van der Waals surface area contributed by atoms with E-state index in [0.29, 0.717) is 16.9 Å². The zero-order chi connectivity index (χ0) is 19.6. The molecule has 0 bridgehead atoms. The molecule has 1 amide bonds. The molecule has 0 aromatic heterocycles. The van der Waals surface area contributed by atoms with Crippen LogP contribution < -0.4 is 5.32 Å². The van der Waals surface area contributed by atoms with Crippen molar-refractivity contribution in [3.63, 3.8) is 0 Å². The van der Waals surface area contributed by atoms with Crippen LogP contribution in [-0.2, 0) is 9.84 Å². The highest BCUT2D eigenvalue weighted by atomic mass is 32.2. The van der Waals surface area contributed by atoms with Gasteiger partial charge in [0.05, 0.1) is 23.1 Å². The van der Waals surface area contributed by atoms with Crippen molar-refractivity contribution in [1.29, 1.82) is 0 Å². The summed E-state index contributed by atoms with van der Waals surface area (Å²) in [5.41, 5.74) is 0.595. The average Bonchev–Trinajstić information content (AvgIpc) is 2.93. The second-order valence-corrected chi connectivity index (χ2v) is 10.1. The van der Waals surface area contributed by atoms with Crippen molar-refractivity contribution >= 4 is 27.5 Å². The molecule has 1 N–H and O–H groups in total. The number of nitrogens with one attached hydrogen (secondary N) is 1. The van der Waals surface area contributed by atoms with Crippen LogP contribution in [0.15, 0.2) is 47.4 Å². The first kappa shape index (κ1) is 19.8. The van der Waals surface area contributed by atoms with Crippen LogP contribution in [0.3, 0.4) is 0 Å². The van der Waals surface area contributed by atoms with E-state index in [1.165, 1.54) is 17.8 Å². The topological polar surface area (TPSA) is 63.2 Å². The Balaban J connectivity index is 1.75. The molecule has 2 aromatic carbocycles. The average molecular weight is 411 g/mol. The smallest absolute Gasteiger partial charge is 0.252 e. The minimum Gasteiger partial charge on any atom is -0.345 e. The molecule has 2 atom stereocenters. The molecule has 144 valence electrons. The Hall–Kier alpha value is -1.93. The van der Waals surface area contributed by atoms with Gasteiger partial charge in [-0.05, 0) is 31.5 Å². The molecule has 2 aromatic rings. The summed E-state index contributed by atoms with van der Waals surface area (Å²) in [6, 6.07) is 9.50. The van der Waals surface area contributed by atoms with E-state index in [9.17, 15) is 22.0 Å². The van der Waals surface area contributed by atoms with E-state index in [1.54, 1.807) is 31.2 Å². The predicted molar refractivity (Wildman–Crippen MR) is 102 cm³/mol. The standard InChI is InChI=1S/C19H19F2NO3S2/c1-12(15-7-6-13(20)10-17(15)21)22-19(23)16-4-2-3-5-18(16)26-14-8-9-27(24,25)11-14/h2-7,10,12,14H,8-9,11H2,1H3,(H,22,23)/t12-,14+/m1/s1. The molecule has 1 aliphatic heterocycles. The Labute approximate surface area is 161 Å². The molecule has 0 saturated carbocycles. The number of hydrogen-bond donors (Lipinski definition) is 1. The van der Waals surface area contributed by atoms with Crippen LogP contribution in [0.25, 0.3) is 0 Å². The van der Waals surface area contributed by atoms with Gasteiger partial charge in [0.1, 0.15) is 11.6 Å². The Morgan fingerprint density at radius 1 is 1.22 bits per heavy atom. The van der Waals surface area contributed by atoms with E-state index in [2.05, 4.69) is 5.32 Å². The molecule has 0 unspecified atom stereocenters. The minimum absolute atomic E-state index is 0.0871. The zero-order valence-corrected chi connectivity index (χ0v) is 16.2. The summed E-state index contributed by atoms with van der Waals surface area (Å²) in [5.74, 6) is -1.52. The Morgan fingerprint density at radius 2 is 1.96 bits per heavy atom. The van der Waals surface area contributed by atoms with E-state index in [0.717, 1.165) is 12.1 Å². The summed E-state index contributed by atoms with van der Waals surface area (Å²) in [6.07, 6.45) is 0.556. The number of rotatable bonds is 5. The van der Waals surface area contributed by atoms with E-state index < -0.39 is 33.4 Å². The molecule has 1 heterocycles. The molecule has 3 rings (SSSR count). The van der Waals surface area contributed by atoms with Crippen LogP contribution in [0.2, 0.25) is 0 Å². The molecule has 1 saturated heterocycles. The Morgan fingerprint density at radius 3 is 2.63 bits per heavy atom. The van der Waals surface area contributed by atoms with Gasteiger partial charge in [-0.2, -0.15) is 0 Å². The van der Waals surface area contributed by atoms with Gasteiger partial charge in [0.15, 0.2) is 9.84 Å². The van der Waals surface area contributed by atoms with Crippen molar-refractivity contribution in [3.05, 3.63) is 65.2 Å². The van der Waals surface area contributed by atoms with Gasteiger partial charge < -0.3 is 5.32 Å². The maximum Gasteiger partial charge on any atom is 0.252 e. The summed E-state index contributed by atoms with van der Waals surface area (Å²) >= 11 is 1.37. The third kappa shape index (κ3) is 4.87. The lowest BCUT2D eigenvalue weighted by atomic mass is 10.1. The lowest BCUT2D eigenvalue weighted by molar-refractivity contribution is 0.0936. The second kappa shape index (κ2) is 7.98. The third-order valence-corrected chi connectivity index (χ3v) is 7.72. The van der Waals surface area contributed by atoms with Gasteiger partial charge in [0, 0.05) is 21.8 Å². The molecule has 0 aliphatic carbocycles. The number of thioether (sulfide) groups is 1. The van der Waals surface area contributed by atoms with Crippen LogP contribution in [0, 0.1) is 11.6 Å². The van der Waals surface area contributed by atoms with E-state index >= 15 is 0 Å². The monoisotopic (exact) mass is 411 g/mol. The van der Waals surface area contributed by atoms with Crippen LogP contribution in [0.1, 0.15) is 35.3 Å². The first-order chi connectivity index (χ1) is 12.7. The molecule has 1 fully saturated rings. The number of carbonyl (C=O) groups is 1. The minimum atomic E-state index is -3.01. The Kier molecular flexibility index (Phi) is 5.86. The van der Waals surface area contributed by atoms with Gasteiger partial charge in [0.2, 0.25) is 0 Å². The maximum absolute atomic E-state index is 13.9. The largest absolute Gasteiger partial charge is 0.345 e. The molecule has 8 heteroatoms. The predicted octanol–water partition coefficient (Wildman–Crippen LogP) is 3.74. The SMILES string of the molecule is C[C@@H](NC(=O)c1ccccc1S[C@H]1CCS(=O)(=O)C1)c1ccc(F)cc1F. The van der Waals surface area contributed by atoms with Crippen molar-refractivity contribution < 1.29 is 22.0 Å². The van der Waals surface area contributed by atoms with E-state index in [4.69, 9.17) is 0 Å². The quantitative estimate of drug-likeness (QED) is 0.814. The number of sulfone groups is 1. The summed E-state index contributed by atoms with van der Waals surface area (Å²) in [6.45, 7) is 1.62. The summed E-state index contributed by atoms with van der Waals surface area (Å²) in [4.78, 5) is 13.4. The highest BCUT2D eigenvalue weighted by molar-refractivity contribution is 8.02. The van der Waals surface area contributed by atoms with E-state index in [1.807, 2.05) is 0 Å². The fourth-order valence-corrected chi connectivity index (χ4v) is 6.62. The van der Waals surface area contributed by atoms with Crippen LogP contribution in [-0.4, -0.2) is 31.1 Å². The van der Waals surface area contributed by atoms with Crippen molar-refractivity contribution in [2.45, 2.75) is 29.5 Å². The van der Waals surface area contributed by atoms with Crippen molar-refractivity contribution in [2.24, 2.45) is 0 Å². The summed E-state index contributed by atoms with van der Waals surface area (Å²) < 4.78 is 50.3. The van der Waals surface area contributed by atoms with Crippen LogP contribution in [0.5, 0.6) is 0 Å². The number of carbonyl (C=O) groups excluding carboxylic acids is 1. The summed E-state index contributed by atoms with van der Waals surface area (Å²) in [5, 5.41) is 2.63. The van der Waals surface area contributed by atoms with Crippen molar-refractivity contribution in [2.75, 3.05) is 11.5 Å². The van der Waals surface area contributed by atoms with Gasteiger partial charge >= 0.3 is 0 Å². The maximum atomic E-state index is 13.9. The molecule has 1 aliphatic rings. The van der Waals surface area contributed by atoms with Gasteiger partial charge in [-0.25, -0.2) is 17.2 Å². The van der Waals surface area contributed by atoms with Gasteiger partial charge in [-0.15, -0.1) is 11.8 Å². The van der Waals surface area contributed by atoms with Gasteiger partial charge in [-0.1, -0.05) is 18.2 Å². The highest BCUT2D eigenvalue weighted by Crippen LogP contribution is 2.33. The third-order valence-electron chi connectivity index (χ3n) is 4.39. The molecule has 27 heavy (non-hydrogen) atoms. The van der Waals surface area contributed by atoms with Crippen LogP contribution in [0.4, 0.5) is 8.78 Å². The first-order valence-corrected chi connectivity index (χ1v) is 11.2. The number of amides is 1. The number of benzene rings is 2. The fraction of sp³-hybridized carbons (Fsp3) is 0.316. The molecular weight excluding hydrogens is 392 g/mol. The van der Waals surface area contributed by atoms with E-state index in [-0.39, 0.29) is 22.3 Å². The summed E-state index contributed by atoms with van der Waals surface area (Å²) in [7, 11) is -3.01. The van der Waals surface area contributed by atoms with Gasteiger partial charge in [-0.3, -0.25) is 4.79 Å². The Bertz CT molecular complexity index is 963. The number of halogens is 2. The first-order valence-electron chi connectivity index (χ1n) is 8.47. The molecule has 0 radical (unpaired) electrons. The van der Waals surface area contributed by atoms with Crippen molar-refractivity contribution in [3.8, 4) is 0 Å². The fourth-order valence-electron chi connectivity index (χ4n) is 3.00. The zero-order valence-electron chi connectivity index (χ0n) is 14.6. The van der Waals surface area contributed by atoms with Crippen molar-refractivity contribution in [1.82, 2.24) is 5.32 Å². The van der Waals surface area contributed by atoms with Gasteiger partial charge in [0.25, 0.3) is 5.91 Å².